The Balaban J connectivity index is 1.91. The molecule has 1 aromatic carbocycles. The summed E-state index contributed by atoms with van der Waals surface area (Å²) in [6.07, 6.45) is 0. The molecule has 4 nitrogen and oxygen atoms in total. The van der Waals surface area contributed by atoms with E-state index in [4.69, 9.17) is 5.73 Å². The summed E-state index contributed by atoms with van der Waals surface area (Å²) < 4.78 is 0. The van der Waals surface area contributed by atoms with Crippen LogP contribution >= 0.6 is 11.8 Å². The van der Waals surface area contributed by atoms with Crippen LogP contribution in [0.25, 0.3) is 0 Å². The fourth-order valence-corrected chi connectivity index (χ4v) is 3.14. The van der Waals surface area contributed by atoms with Crippen LogP contribution in [0.4, 0.5) is 5.69 Å². The Morgan fingerprint density at radius 2 is 1.86 bits per heavy atom. The highest BCUT2D eigenvalue weighted by molar-refractivity contribution is 7.99. The smallest absolute Gasteiger partial charge is 0.189 e. The van der Waals surface area contributed by atoms with Gasteiger partial charge in [-0.3, -0.25) is 0 Å². The number of anilines is 1. The molecule has 1 saturated heterocycles. The number of thioether (sulfide) groups is 1. The molecule has 0 aromatic heterocycles. The van der Waals surface area contributed by atoms with Crippen molar-refractivity contribution in [1.29, 1.82) is 0 Å². The Morgan fingerprint density at radius 3 is 2.43 bits per heavy atom. The average molecular weight is 306 g/mol. The zero-order valence-corrected chi connectivity index (χ0v) is 14.0. The highest BCUT2D eigenvalue weighted by Crippen LogP contribution is 2.20. The predicted octanol–water partition coefficient (Wildman–Crippen LogP) is 2.44. The van der Waals surface area contributed by atoms with Gasteiger partial charge in [-0.1, -0.05) is 12.1 Å². The van der Waals surface area contributed by atoms with Gasteiger partial charge in [0.1, 0.15) is 0 Å². The van der Waals surface area contributed by atoms with Crippen LogP contribution in [0.15, 0.2) is 29.3 Å². The highest BCUT2D eigenvalue weighted by atomic mass is 32.2. The molecule has 116 valence electrons. The van der Waals surface area contributed by atoms with Gasteiger partial charge in [0.25, 0.3) is 0 Å². The Labute approximate surface area is 132 Å². The average Bonchev–Trinajstić information content (AvgIpc) is 2.45. The molecular formula is C16H26N4S. The zero-order valence-electron chi connectivity index (χ0n) is 13.2. The second-order valence-electron chi connectivity index (χ2n) is 6.34. The molecule has 1 aliphatic heterocycles. The van der Waals surface area contributed by atoms with Crippen LogP contribution in [-0.2, 0) is 6.54 Å². The van der Waals surface area contributed by atoms with E-state index in [0.717, 1.165) is 13.1 Å². The van der Waals surface area contributed by atoms with Crippen molar-refractivity contribution in [3.05, 3.63) is 29.8 Å². The first-order valence-electron chi connectivity index (χ1n) is 7.44. The topological polar surface area (TPSA) is 53.6 Å². The molecular weight excluding hydrogens is 280 g/mol. The first-order valence-corrected chi connectivity index (χ1v) is 8.59. The fraction of sp³-hybridized carbons (Fsp3) is 0.562. The number of nitrogens with two attached hydrogens (primary N) is 1. The molecule has 1 aliphatic rings. The largest absolute Gasteiger partial charge is 0.370 e. The van der Waals surface area contributed by atoms with Gasteiger partial charge in [-0.25, -0.2) is 4.99 Å². The molecule has 5 heteroatoms. The van der Waals surface area contributed by atoms with E-state index >= 15 is 0 Å². The van der Waals surface area contributed by atoms with Gasteiger partial charge in [-0.15, -0.1) is 0 Å². The van der Waals surface area contributed by atoms with Crippen LogP contribution in [0.1, 0.15) is 26.3 Å². The molecule has 0 unspecified atom stereocenters. The summed E-state index contributed by atoms with van der Waals surface area (Å²) in [6.45, 7) is 9.11. The lowest BCUT2D eigenvalue weighted by Gasteiger charge is -2.28. The van der Waals surface area contributed by atoms with Crippen LogP contribution in [-0.4, -0.2) is 36.1 Å². The van der Waals surface area contributed by atoms with Crippen molar-refractivity contribution in [3.8, 4) is 0 Å². The van der Waals surface area contributed by atoms with Gasteiger partial charge in [0.2, 0.25) is 0 Å². The van der Waals surface area contributed by atoms with E-state index in [-0.39, 0.29) is 5.54 Å². The number of rotatable bonds is 3. The maximum atomic E-state index is 5.88. The molecule has 0 spiro atoms. The molecule has 1 aromatic rings. The van der Waals surface area contributed by atoms with Crippen LogP contribution in [0.2, 0.25) is 0 Å². The van der Waals surface area contributed by atoms with Gasteiger partial charge < -0.3 is 16.0 Å². The Bertz CT molecular complexity index is 470. The zero-order chi connectivity index (χ0) is 15.3. The number of benzene rings is 1. The van der Waals surface area contributed by atoms with E-state index in [1.54, 1.807) is 0 Å². The number of hydrogen-bond donors (Lipinski definition) is 2. The molecule has 3 N–H and O–H groups in total. The van der Waals surface area contributed by atoms with Crippen molar-refractivity contribution < 1.29 is 0 Å². The van der Waals surface area contributed by atoms with E-state index in [2.05, 4.69) is 60.2 Å². The number of nitrogens with zero attached hydrogens (tertiary/aromatic N) is 2. The van der Waals surface area contributed by atoms with Crippen LogP contribution in [0.3, 0.4) is 0 Å². The summed E-state index contributed by atoms with van der Waals surface area (Å²) >= 11 is 2.03. The lowest BCUT2D eigenvalue weighted by Crippen LogP contribution is -2.44. The summed E-state index contributed by atoms with van der Waals surface area (Å²) in [5.41, 5.74) is 8.32. The van der Waals surface area contributed by atoms with Crippen molar-refractivity contribution >= 4 is 23.4 Å². The third kappa shape index (κ3) is 5.50. The molecule has 0 amide bonds. The Morgan fingerprint density at radius 1 is 1.24 bits per heavy atom. The van der Waals surface area contributed by atoms with Crippen molar-refractivity contribution in [1.82, 2.24) is 5.32 Å². The normalized spacial score (nSPS) is 16.9. The quantitative estimate of drug-likeness (QED) is 0.665. The minimum atomic E-state index is -0.0519. The van der Waals surface area contributed by atoms with Crippen LogP contribution in [0.5, 0.6) is 0 Å². The monoisotopic (exact) mass is 306 g/mol. The van der Waals surface area contributed by atoms with E-state index < -0.39 is 0 Å². The number of guanidine groups is 1. The molecule has 0 saturated carbocycles. The minimum absolute atomic E-state index is 0.0519. The van der Waals surface area contributed by atoms with Crippen LogP contribution in [0, 0.1) is 0 Å². The van der Waals surface area contributed by atoms with Crippen molar-refractivity contribution in [2.75, 3.05) is 29.5 Å². The van der Waals surface area contributed by atoms with Gasteiger partial charge in [0.05, 0.1) is 6.54 Å². The van der Waals surface area contributed by atoms with E-state index in [9.17, 15) is 0 Å². The number of hydrogen-bond acceptors (Lipinski definition) is 3. The lowest BCUT2D eigenvalue weighted by molar-refractivity contribution is 0.508. The summed E-state index contributed by atoms with van der Waals surface area (Å²) in [4.78, 5) is 6.83. The fourth-order valence-electron chi connectivity index (χ4n) is 2.23. The minimum Gasteiger partial charge on any atom is -0.370 e. The van der Waals surface area contributed by atoms with Crippen molar-refractivity contribution in [2.24, 2.45) is 10.7 Å². The molecule has 0 radical (unpaired) electrons. The molecule has 2 rings (SSSR count). The number of nitrogens with one attached hydrogen (secondary N) is 1. The molecule has 1 fully saturated rings. The number of aliphatic imine (C=N–C) groups is 1. The van der Waals surface area contributed by atoms with Gasteiger partial charge >= 0.3 is 0 Å². The summed E-state index contributed by atoms with van der Waals surface area (Å²) in [5, 5.41) is 3.17. The summed E-state index contributed by atoms with van der Waals surface area (Å²) in [6, 6.07) is 8.67. The molecule has 1 heterocycles. The summed E-state index contributed by atoms with van der Waals surface area (Å²) in [5.74, 6) is 2.95. The maximum Gasteiger partial charge on any atom is 0.189 e. The van der Waals surface area contributed by atoms with Gasteiger partial charge in [0, 0.05) is 35.8 Å². The van der Waals surface area contributed by atoms with E-state index in [1.807, 2.05) is 11.8 Å². The molecule has 0 bridgehead atoms. The maximum absolute atomic E-state index is 5.88. The Hall–Kier alpha value is -1.36. The summed E-state index contributed by atoms with van der Waals surface area (Å²) in [7, 11) is 0. The first-order chi connectivity index (χ1) is 9.94. The standard InChI is InChI=1S/C16H26N4S/c1-16(2,3)19-15(17)18-12-13-4-6-14(7-5-13)20-8-10-21-11-9-20/h4-7H,8-12H2,1-3H3,(H3,17,18,19). The molecule has 0 aliphatic carbocycles. The first kappa shape index (κ1) is 16.0. The van der Waals surface area contributed by atoms with Crippen molar-refractivity contribution in [3.63, 3.8) is 0 Å². The second kappa shape index (κ2) is 7.07. The molecule has 0 atom stereocenters. The van der Waals surface area contributed by atoms with Gasteiger partial charge in [-0.2, -0.15) is 11.8 Å². The van der Waals surface area contributed by atoms with Crippen molar-refractivity contribution in [2.45, 2.75) is 32.9 Å². The third-order valence-electron chi connectivity index (χ3n) is 3.25. The second-order valence-corrected chi connectivity index (χ2v) is 7.57. The molecule has 21 heavy (non-hydrogen) atoms. The van der Waals surface area contributed by atoms with Gasteiger partial charge in [-0.05, 0) is 38.5 Å². The Kier molecular flexibility index (Phi) is 5.39. The van der Waals surface area contributed by atoms with E-state index in [0.29, 0.717) is 12.5 Å². The van der Waals surface area contributed by atoms with E-state index in [1.165, 1.54) is 22.8 Å². The highest BCUT2D eigenvalue weighted by Gasteiger charge is 2.11. The van der Waals surface area contributed by atoms with Crippen LogP contribution < -0.4 is 16.0 Å². The van der Waals surface area contributed by atoms with Gasteiger partial charge in [0.15, 0.2) is 5.96 Å². The predicted molar refractivity (Wildman–Crippen MR) is 94.2 cm³/mol. The lowest BCUT2D eigenvalue weighted by atomic mass is 10.1. The third-order valence-corrected chi connectivity index (χ3v) is 4.19. The SMILES string of the molecule is CC(C)(C)NC(N)=NCc1ccc(N2CCSCC2)cc1.